The molecule has 4 N–H and O–H groups in total. The van der Waals surface area contributed by atoms with Crippen molar-refractivity contribution in [2.24, 2.45) is 5.92 Å². The molecule has 0 aromatic carbocycles. The molecule has 9 nitrogen and oxygen atoms in total. The summed E-state index contributed by atoms with van der Waals surface area (Å²) >= 11 is 0. The smallest absolute Gasteiger partial charge is 0.305 e. The topological polar surface area (TPSA) is 136 Å². The van der Waals surface area contributed by atoms with Crippen LogP contribution in [-0.4, -0.2) is 43.8 Å². The van der Waals surface area contributed by atoms with Gasteiger partial charge in [0, 0.05) is 25.5 Å². The van der Waals surface area contributed by atoms with Gasteiger partial charge in [0.1, 0.15) is 0 Å². The highest BCUT2D eigenvalue weighted by atomic mass is 16.5. The van der Waals surface area contributed by atoms with Gasteiger partial charge in [0.05, 0.1) is 12.9 Å². The molecule has 0 unspecified atom stereocenters. The van der Waals surface area contributed by atoms with E-state index in [0.29, 0.717) is 25.0 Å². The third-order valence-corrected chi connectivity index (χ3v) is 6.45. The summed E-state index contributed by atoms with van der Waals surface area (Å²) in [4.78, 5) is 34.8. The summed E-state index contributed by atoms with van der Waals surface area (Å²) in [6.45, 7) is 2.85. The van der Waals surface area contributed by atoms with E-state index in [4.69, 9.17) is 10.5 Å². The predicted octanol–water partition coefficient (Wildman–Crippen LogP) is 4.72. The minimum Gasteiger partial charge on any atom is -0.465 e. The number of hydrogen-bond donors (Lipinski definition) is 3. The van der Waals surface area contributed by atoms with Gasteiger partial charge in [0.15, 0.2) is 11.2 Å². The molecule has 0 spiro atoms. The molecular formula is C26H45N5O4. The van der Waals surface area contributed by atoms with E-state index in [-0.39, 0.29) is 36.6 Å². The average molecular weight is 492 g/mol. The molecule has 0 saturated carbocycles. The number of rotatable bonds is 20. The second-order valence-electron chi connectivity index (χ2n) is 9.57. The summed E-state index contributed by atoms with van der Waals surface area (Å²) in [5, 5.41) is 9.41. The number of fused-ring (bicyclic) bond motifs is 1. The first-order chi connectivity index (χ1) is 17.0. The van der Waals surface area contributed by atoms with Crippen molar-refractivity contribution in [1.29, 1.82) is 0 Å². The zero-order valence-corrected chi connectivity index (χ0v) is 21.5. The number of ether oxygens (including phenoxy) is 1. The van der Waals surface area contributed by atoms with Crippen molar-refractivity contribution in [2.75, 3.05) is 18.9 Å². The van der Waals surface area contributed by atoms with Crippen LogP contribution in [0.5, 0.6) is 0 Å². The van der Waals surface area contributed by atoms with E-state index in [0.717, 1.165) is 12.8 Å². The van der Waals surface area contributed by atoms with Crippen LogP contribution >= 0.6 is 0 Å². The maximum Gasteiger partial charge on any atom is 0.305 e. The summed E-state index contributed by atoms with van der Waals surface area (Å²) < 4.78 is 7.19. The number of unbranched alkanes of at least 4 members (excludes halogenated alkanes) is 12. The van der Waals surface area contributed by atoms with Crippen LogP contribution in [0.15, 0.2) is 11.1 Å². The van der Waals surface area contributed by atoms with Crippen LogP contribution in [-0.2, 0) is 16.1 Å². The molecule has 0 fully saturated rings. The fourth-order valence-corrected chi connectivity index (χ4v) is 4.36. The van der Waals surface area contributed by atoms with Gasteiger partial charge in [0.25, 0.3) is 5.56 Å². The molecule has 2 rings (SSSR count). The lowest BCUT2D eigenvalue weighted by molar-refractivity contribution is -0.145. The number of esters is 1. The lowest BCUT2D eigenvalue weighted by atomic mass is 10.0. The minimum atomic E-state index is -0.394. The molecule has 1 atom stereocenters. The Bertz CT molecular complexity index is 911. The summed E-state index contributed by atoms with van der Waals surface area (Å²) in [5.41, 5.74) is 5.84. The van der Waals surface area contributed by atoms with Gasteiger partial charge in [-0.15, -0.1) is 0 Å². The molecular weight excluding hydrogens is 446 g/mol. The van der Waals surface area contributed by atoms with Crippen molar-refractivity contribution < 1.29 is 14.6 Å². The molecule has 2 aromatic heterocycles. The zero-order chi connectivity index (χ0) is 25.3. The monoisotopic (exact) mass is 491 g/mol. The number of hydrogen-bond acceptors (Lipinski definition) is 7. The fraction of sp³-hybridized carbons (Fsp3) is 0.769. The molecule has 198 valence electrons. The number of H-pyrrole nitrogens is 1. The van der Waals surface area contributed by atoms with Crippen LogP contribution < -0.4 is 11.3 Å². The zero-order valence-electron chi connectivity index (χ0n) is 21.5. The third-order valence-electron chi connectivity index (χ3n) is 6.45. The number of nitrogens with one attached hydrogen (secondary N) is 1. The lowest BCUT2D eigenvalue weighted by Crippen LogP contribution is -2.21. The minimum absolute atomic E-state index is 0.0205. The predicted molar refractivity (Wildman–Crippen MR) is 139 cm³/mol. The number of carbonyl (C=O) groups is 1. The van der Waals surface area contributed by atoms with Gasteiger partial charge in [-0.1, -0.05) is 84.0 Å². The molecule has 0 saturated heterocycles. The second-order valence-corrected chi connectivity index (χ2v) is 9.57. The molecule has 0 aliphatic carbocycles. The number of aromatic amines is 1. The highest BCUT2D eigenvalue weighted by Gasteiger charge is 2.16. The maximum atomic E-state index is 12.2. The van der Waals surface area contributed by atoms with Gasteiger partial charge >= 0.3 is 5.97 Å². The molecule has 9 heteroatoms. The number of imidazole rings is 1. The Hall–Kier alpha value is -2.42. The molecule has 2 aromatic rings. The highest BCUT2D eigenvalue weighted by Crippen LogP contribution is 2.15. The number of nitrogens with zero attached hydrogens (tertiary/aromatic N) is 3. The maximum absolute atomic E-state index is 12.2. The first kappa shape index (κ1) is 28.8. The van der Waals surface area contributed by atoms with E-state index in [2.05, 4.69) is 21.9 Å². The number of aliphatic hydroxyl groups is 1. The van der Waals surface area contributed by atoms with Gasteiger partial charge in [0.2, 0.25) is 5.95 Å². The van der Waals surface area contributed by atoms with Crippen LogP contribution in [0.3, 0.4) is 0 Å². The number of aromatic nitrogens is 4. The molecule has 0 bridgehead atoms. The lowest BCUT2D eigenvalue weighted by Gasteiger charge is -2.17. The Balaban J connectivity index is 1.57. The Morgan fingerprint density at radius 1 is 1.06 bits per heavy atom. The van der Waals surface area contributed by atoms with Crippen molar-refractivity contribution in [1.82, 2.24) is 19.5 Å². The number of aliphatic hydroxyl groups excluding tert-OH is 1. The van der Waals surface area contributed by atoms with Crippen molar-refractivity contribution in [2.45, 2.75) is 110 Å². The SMILES string of the molecule is CCCCCCCCCCCCCCCC(=O)OC[C@H](CCO)Cn1cnc2c(=O)[nH]c(N)nc21. The number of anilines is 1. The molecule has 0 radical (unpaired) electrons. The van der Waals surface area contributed by atoms with Gasteiger partial charge < -0.3 is 20.1 Å². The summed E-state index contributed by atoms with van der Waals surface area (Å²) in [6.07, 6.45) is 18.9. The third kappa shape index (κ3) is 11.2. The number of carbonyl (C=O) groups excluding carboxylic acids is 1. The van der Waals surface area contributed by atoms with Crippen molar-refractivity contribution in [3.8, 4) is 0 Å². The summed E-state index contributed by atoms with van der Waals surface area (Å²) in [5.74, 6) is -0.298. The van der Waals surface area contributed by atoms with Gasteiger partial charge in [-0.2, -0.15) is 4.98 Å². The van der Waals surface area contributed by atoms with Gasteiger partial charge in [-0.3, -0.25) is 14.6 Å². The molecule has 0 aliphatic heterocycles. The van der Waals surface area contributed by atoms with E-state index in [1.165, 1.54) is 77.0 Å². The quantitative estimate of drug-likeness (QED) is 0.180. The van der Waals surface area contributed by atoms with Crippen LogP contribution in [0.1, 0.15) is 103 Å². The van der Waals surface area contributed by atoms with E-state index >= 15 is 0 Å². The second kappa shape index (κ2) is 17.1. The van der Waals surface area contributed by atoms with Crippen molar-refractivity contribution in [3.63, 3.8) is 0 Å². The van der Waals surface area contributed by atoms with Crippen LogP contribution in [0.4, 0.5) is 5.95 Å². The van der Waals surface area contributed by atoms with E-state index < -0.39 is 5.56 Å². The van der Waals surface area contributed by atoms with Crippen molar-refractivity contribution >= 4 is 23.1 Å². The Kier molecular flexibility index (Phi) is 14.1. The molecule has 2 heterocycles. The molecule has 0 amide bonds. The van der Waals surface area contributed by atoms with Crippen LogP contribution in [0.25, 0.3) is 11.2 Å². The van der Waals surface area contributed by atoms with Gasteiger partial charge in [-0.25, -0.2) is 4.98 Å². The standard InChI is InChI=1S/C26H45N5O4/c1-2-3-4-5-6-7-8-9-10-11-12-13-14-15-22(33)35-19-21(16-17-32)18-31-20-28-23-24(31)29-26(27)30-25(23)34/h20-21,32H,2-19H2,1H3,(H3,27,29,30,34)/t21-/m1/s1. The first-order valence-electron chi connectivity index (χ1n) is 13.5. The highest BCUT2D eigenvalue weighted by molar-refractivity contribution is 5.70. The van der Waals surface area contributed by atoms with E-state index in [1.807, 2.05) is 0 Å². The summed E-state index contributed by atoms with van der Waals surface area (Å²) in [6, 6.07) is 0. The normalized spacial score (nSPS) is 12.3. The van der Waals surface area contributed by atoms with E-state index in [1.54, 1.807) is 4.57 Å². The average Bonchev–Trinajstić information content (AvgIpc) is 3.23. The molecule has 0 aliphatic rings. The molecule has 35 heavy (non-hydrogen) atoms. The van der Waals surface area contributed by atoms with Crippen LogP contribution in [0, 0.1) is 5.92 Å². The number of nitrogens with two attached hydrogens (primary N) is 1. The largest absolute Gasteiger partial charge is 0.465 e. The number of nitrogen functional groups attached to an aromatic ring is 1. The van der Waals surface area contributed by atoms with Crippen molar-refractivity contribution in [3.05, 3.63) is 16.7 Å². The van der Waals surface area contributed by atoms with Gasteiger partial charge in [-0.05, 0) is 12.8 Å². The fourth-order valence-electron chi connectivity index (χ4n) is 4.36. The Morgan fingerprint density at radius 2 is 1.66 bits per heavy atom. The first-order valence-corrected chi connectivity index (χ1v) is 13.5. The Labute approximate surface area is 208 Å². The Morgan fingerprint density at radius 3 is 2.26 bits per heavy atom. The summed E-state index contributed by atoms with van der Waals surface area (Å²) in [7, 11) is 0. The van der Waals surface area contributed by atoms with Crippen LogP contribution in [0.2, 0.25) is 0 Å². The van der Waals surface area contributed by atoms with E-state index in [9.17, 15) is 14.7 Å².